The average Bonchev–Trinajstić information content (AvgIpc) is 3.37. The minimum absolute atomic E-state index is 0.218. The number of allylic oxidation sites excluding steroid dienone is 1. The third-order valence-corrected chi connectivity index (χ3v) is 5.70. The summed E-state index contributed by atoms with van der Waals surface area (Å²) in [4.78, 5) is 35.5. The van der Waals surface area contributed by atoms with Crippen molar-refractivity contribution in [3.8, 4) is 0 Å². The lowest BCUT2D eigenvalue weighted by Crippen LogP contribution is -2.41. The molecule has 0 bridgehead atoms. The maximum Gasteiger partial charge on any atom is 0.329 e. The highest BCUT2D eigenvalue weighted by Gasteiger charge is 2.41. The van der Waals surface area contributed by atoms with E-state index in [1.807, 2.05) is 51.1 Å². The van der Waals surface area contributed by atoms with Gasteiger partial charge in [0.1, 0.15) is 22.7 Å². The van der Waals surface area contributed by atoms with Crippen molar-refractivity contribution in [3.05, 3.63) is 36.2 Å². The molecule has 1 fully saturated rings. The molecule has 9 heteroatoms. The third kappa shape index (κ3) is 5.62. The quantitative estimate of drug-likeness (QED) is 0.395. The molecule has 35 heavy (non-hydrogen) atoms. The number of aliphatic hydroxyl groups excluding tert-OH is 1. The van der Waals surface area contributed by atoms with Crippen LogP contribution in [0.15, 0.2) is 34.8 Å². The largest absolute Gasteiger partial charge is 0.469 e. The van der Waals surface area contributed by atoms with Crippen LogP contribution in [-0.2, 0) is 19.1 Å². The van der Waals surface area contributed by atoms with Gasteiger partial charge in [-0.15, -0.1) is 0 Å². The molecule has 1 aliphatic heterocycles. The highest BCUT2D eigenvalue weighted by Crippen LogP contribution is 2.36. The van der Waals surface area contributed by atoms with Gasteiger partial charge >= 0.3 is 11.9 Å². The summed E-state index contributed by atoms with van der Waals surface area (Å²) in [6.07, 6.45) is 4.85. The molecule has 0 radical (unpaired) electrons. The number of furan rings is 1. The predicted octanol–water partition coefficient (Wildman–Crippen LogP) is 4.01. The highest BCUT2D eigenvalue weighted by atomic mass is 16.6. The number of β-amino-alcohol motifs (C(OH)–C–C–N with tert-alkyl or cyclic N) is 1. The number of methoxy groups -OCH3 is 1. The number of hydrogen-bond donors (Lipinski definition) is 1. The molecule has 0 aliphatic carbocycles. The summed E-state index contributed by atoms with van der Waals surface area (Å²) in [5.74, 6) is 0.218. The van der Waals surface area contributed by atoms with Gasteiger partial charge in [0, 0.05) is 24.8 Å². The summed E-state index contributed by atoms with van der Waals surface area (Å²) < 4.78 is 16.4. The Kier molecular flexibility index (Phi) is 7.07. The predicted molar refractivity (Wildman–Crippen MR) is 132 cm³/mol. The number of fused-ring (bicyclic) bond motifs is 3. The molecule has 4 rings (SSSR count). The first-order valence-electron chi connectivity index (χ1n) is 11.8. The lowest BCUT2D eigenvalue weighted by atomic mass is 10.1. The second-order valence-corrected chi connectivity index (χ2v) is 9.64. The van der Waals surface area contributed by atoms with Crippen molar-refractivity contribution >= 4 is 45.9 Å². The first-order chi connectivity index (χ1) is 16.7. The van der Waals surface area contributed by atoms with Crippen molar-refractivity contribution in [2.24, 2.45) is 0 Å². The number of ether oxygens (including phenoxy) is 2. The van der Waals surface area contributed by atoms with E-state index in [9.17, 15) is 14.7 Å². The Hall–Kier alpha value is -3.46. The van der Waals surface area contributed by atoms with E-state index in [0.29, 0.717) is 47.6 Å². The number of aromatic nitrogens is 2. The summed E-state index contributed by atoms with van der Waals surface area (Å²) in [5, 5.41) is 11.3. The standard InChI is InChI=1S/C26H31N3O6/c1-26(2,3)35-25(32)18-14-16(30)15-29(18)24-23-22(17-10-8-9-11-19(17)34-23)27-20(28-24)12-6-5-7-13-21(31)33-4/h6,8-12,16,18,30H,5,7,13-15H2,1-4H3/t16-,18-/m0/s1. The fourth-order valence-electron chi connectivity index (χ4n) is 4.16. The molecule has 1 N–H and O–H groups in total. The van der Waals surface area contributed by atoms with Gasteiger partial charge in [0.15, 0.2) is 17.2 Å². The molecule has 186 valence electrons. The van der Waals surface area contributed by atoms with E-state index in [1.165, 1.54) is 7.11 Å². The van der Waals surface area contributed by atoms with E-state index in [1.54, 1.807) is 11.0 Å². The number of nitrogens with zero attached hydrogens (tertiary/aromatic N) is 3. The number of para-hydroxylation sites is 1. The summed E-state index contributed by atoms with van der Waals surface area (Å²) in [6.45, 7) is 5.65. The molecular weight excluding hydrogens is 450 g/mol. The van der Waals surface area contributed by atoms with Crippen molar-refractivity contribution in [1.29, 1.82) is 0 Å². The smallest absolute Gasteiger partial charge is 0.329 e. The topological polar surface area (TPSA) is 115 Å². The van der Waals surface area contributed by atoms with E-state index < -0.39 is 23.7 Å². The Morgan fingerprint density at radius 2 is 2.03 bits per heavy atom. The number of carbonyl (C=O) groups excluding carboxylic acids is 2. The van der Waals surface area contributed by atoms with Crippen LogP contribution >= 0.6 is 0 Å². The van der Waals surface area contributed by atoms with Gasteiger partial charge in [-0.2, -0.15) is 0 Å². The molecule has 1 saturated heterocycles. The van der Waals surface area contributed by atoms with Crippen molar-refractivity contribution in [2.45, 2.75) is 64.2 Å². The molecule has 0 unspecified atom stereocenters. The second-order valence-electron chi connectivity index (χ2n) is 9.64. The molecule has 3 aromatic rings. The zero-order chi connectivity index (χ0) is 25.2. The van der Waals surface area contributed by atoms with E-state index in [2.05, 4.69) is 4.74 Å². The number of unbranched alkanes of at least 4 members (excludes halogenated alkanes) is 1. The third-order valence-electron chi connectivity index (χ3n) is 5.70. The van der Waals surface area contributed by atoms with Gasteiger partial charge in [-0.25, -0.2) is 14.8 Å². The van der Waals surface area contributed by atoms with E-state index in [4.69, 9.17) is 19.1 Å². The first-order valence-corrected chi connectivity index (χ1v) is 11.8. The first kappa shape index (κ1) is 24.7. The van der Waals surface area contributed by atoms with Crippen LogP contribution in [-0.4, -0.2) is 58.4 Å². The molecule has 1 aromatic carbocycles. The molecule has 2 aromatic heterocycles. The maximum absolute atomic E-state index is 13.0. The van der Waals surface area contributed by atoms with Gasteiger partial charge in [-0.3, -0.25) is 4.79 Å². The lowest BCUT2D eigenvalue weighted by Gasteiger charge is -2.27. The Bertz CT molecular complexity index is 1260. The van der Waals surface area contributed by atoms with Crippen molar-refractivity contribution in [2.75, 3.05) is 18.6 Å². The number of anilines is 1. The molecule has 2 atom stereocenters. The van der Waals surface area contributed by atoms with Crippen LogP contribution in [0.3, 0.4) is 0 Å². The van der Waals surface area contributed by atoms with Gasteiger partial charge < -0.3 is 23.9 Å². The van der Waals surface area contributed by atoms with Crippen LogP contribution in [0.2, 0.25) is 0 Å². The van der Waals surface area contributed by atoms with Gasteiger partial charge in [-0.1, -0.05) is 18.2 Å². The summed E-state index contributed by atoms with van der Waals surface area (Å²) in [5.41, 5.74) is 1.08. The van der Waals surface area contributed by atoms with Crippen LogP contribution < -0.4 is 4.90 Å². The molecule has 0 saturated carbocycles. The Morgan fingerprint density at radius 3 is 2.77 bits per heavy atom. The van der Waals surface area contributed by atoms with Crippen LogP contribution in [0.1, 0.15) is 52.3 Å². The van der Waals surface area contributed by atoms with Crippen LogP contribution in [0, 0.1) is 0 Å². The summed E-state index contributed by atoms with van der Waals surface area (Å²) in [7, 11) is 1.37. The molecule has 1 aliphatic rings. The Labute approximate surface area is 203 Å². The minimum atomic E-state index is -0.709. The maximum atomic E-state index is 13.0. The van der Waals surface area contributed by atoms with Gasteiger partial charge in [-0.05, 0) is 51.8 Å². The van der Waals surface area contributed by atoms with E-state index in [0.717, 1.165) is 5.39 Å². The highest BCUT2D eigenvalue weighted by molar-refractivity contribution is 6.06. The molecule has 3 heterocycles. The number of rotatable bonds is 7. The van der Waals surface area contributed by atoms with Gasteiger partial charge in [0.2, 0.25) is 0 Å². The fourth-order valence-corrected chi connectivity index (χ4v) is 4.16. The fraction of sp³-hybridized carbons (Fsp3) is 0.462. The Balaban J connectivity index is 1.72. The SMILES string of the molecule is COC(=O)CCCC=Cc1nc(N2C[C@@H](O)C[C@H]2C(=O)OC(C)(C)C)c2oc3ccccc3c2n1. The lowest BCUT2D eigenvalue weighted by molar-refractivity contribution is -0.156. The van der Waals surface area contributed by atoms with Crippen molar-refractivity contribution in [3.63, 3.8) is 0 Å². The van der Waals surface area contributed by atoms with Crippen LogP contribution in [0.4, 0.5) is 5.82 Å². The minimum Gasteiger partial charge on any atom is -0.469 e. The number of hydrogen-bond acceptors (Lipinski definition) is 9. The zero-order valence-corrected chi connectivity index (χ0v) is 20.5. The number of esters is 2. The van der Waals surface area contributed by atoms with Crippen molar-refractivity contribution < 1.29 is 28.6 Å². The summed E-state index contributed by atoms with van der Waals surface area (Å²) in [6, 6.07) is 6.86. The molecule has 0 spiro atoms. The number of benzene rings is 1. The monoisotopic (exact) mass is 481 g/mol. The van der Waals surface area contributed by atoms with Crippen LogP contribution in [0.25, 0.3) is 28.1 Å². The molecular formula is C26H31N3O6. The number of aliphatic hydroxyl groups is 1. The number of carbonyl (C=O) groups is 2. The van der Waals surface area contributed by atoms with Crippen molar-refractivity contribution in [1.82, 2.24) is 9.97 Å². The molecule has 9 nitrogen and oxygen atoms in total. The van der Waals surface area contributed by atoms with E-state index in [-0.39, 0.29) is 18.9 Å². The molecule has 0 amide bonds. The van der Waals surface area contributed by atoms with Crippen LogP contribution in [0.5, 0.6) is 0 Å². The van der Waals surface area contributed by atoms with E-state index >= 15 is 0 Å². The van der Waals surface area contributed by atoms with Gasteiger partial charge in [0.25, 0.3) is 0 Å². The zero-order valence-electron chi connectivity index (χ0n) is 20.5. The average molecular weight is 482 g/mol. The Morgan fingerprint density at radius 1 is 1.26 bits per heavy atom. The summed E-state index contributed by atoms with van der Waals surface area (Å²) >= 11 is 0. The second kappa shape index (κ2) is 10.0. The normalized spacial score (nSPS) is 18.6. The van der Waals surface area contributed by atoms with Gasteiger partial charge in [0.05, 0.1) is 13.2 Å².